The van der Waals surface area contributed by atoms with Crippen molar-refractivity contribution < 1.29 is 9.53 Å². The first-order valence-corrected chi connectivity index (χ1v) is 5.38. The number of carbonyl (C=O) groups excluding carboxylic acids is 1. The van der Waals surface area contributed by atoms with E-state index in [0.29, 0.717) is 0 Å². The maximum absolute atomic E-state index is 11.2. The second kappa shape index (κ2) is 4.93. The first-order chi connectivity index (χ1) is 8.22. The lowest BCUT2D eigenvalue weighted by atomic mass is 10.0. The fraction of sp³-hybridized carbons (Fsp3) is 0.231. The Hall–Kier alpha value is -1.94. The molecular weight excluding hydrogens is 216 g/mol. The van der Waals surface area contributed by atoms with Gasteiger partial charge in [0, 0.05) is 17.6 Å². The largest absolute Gasteiger partial charge is 0.469 e. The molecule has 1 atom stereocenters. The van der Waals surface area contributed by atoms with Crippen LogP contribution in [0.4, 0.5) is 0 Å². The zero-order chi connectivity index (χ0) is 12.3. The number of carbonyl (C=O) groups is 1. The Labute approximate surface area is 99.4 Å². The molecule has 2 aromatic rings. The number of nitrogens with two attached hydrogens (primary N) is 1. The third-order valence-electron chi connectivity index (χ3n) is 2.68. The van der Waals surface area contributed by atoms with Gasteiger partial charge in [-0.05, 0) is 11.6 Å². The lowest BCUT2D eigenvalue weighted by molar-refractivity contribution is -0.141. The highest BCUT2D eigenvalue weighted by Gasteiger charge is 2.14. The van der Waals surface area contributed by atoms with Crippen molar-refractivity contribution in [1.29, 1.82) is 0 Å². The molecule has 17 heavy (non-hydrogen) atoms. The molecule has 0 aliphatic rings. The van der Waals surface area contributed by atoms with Crippen molar-refractivity contribution >= 4 is 16.9 Å². The Kier molecular flexibility index (Phi) is 3.35. The summed E-state index contributed by atoms with van der Waals surface area (Å²) in [7, 11) is 1.36. The molecule has 0 aliphatic carbocycles. The molecule has 0 saturated carbocycles. The highest BCUT2D eigenvalue weighted by Crippen LogP contribution is 2.22. The Morgan fingerprint density at radius 2 is 2.18 bits per heavy atom. The standard InChI is InChI=1S/C13H14N2O2/c1-17-12(16)8-11(14)10-6-2-4-9-5-3-7-15-13(9)10/h2-7,11H,8,14H2,1H3. The van der Waals surface area contributed by atoms with E-state index >= 15 is 0 Å². The minimum atomic E-state index is -0.388. The van der Waals surface area contributed by atoms with E-state index in [1.165, 1.54) is 7.11 Å². The van der Waals surface area contributed by atoms with Crippen LogP contribution >= 0.6 is 0 Å². The van der Waals surface area contributed by atoms with E-state index in [1.54, 1.807) is 6.20 Å². The fourth-order valence-corrected chi connectivity index (χ4v) is 1.80. The molecule has 0 fully saturated rings. The molecule has 0 saturated heterocycles. The molecular formula is C13H14N2O2. The number of nitrogens with zero attached hydrogens (tertiary/aromatic N) is 1. The van der Waals surface area contributed by atoms with Crippen LogP contribution in [-0.2, 0) is 9.53 Å². The number of hydrogen-bond acceptors (Lipinski definition) is 4. The minimum absolute atomic E-state index is 0.159. The van der Waals surface area contributed by atoms with Crippen LogP contribution in [0.25, 0.3) is 10.9 Å². The van der Waals surface area contributed by atoms with E-state index in [-0.39, 0.29) is 18.4 Å². The molecule has 0 spiro atoms. The third-order valence-corrected chi connectivity index (χ3v) is 2.68. The normalized spacial score (nSPS) is 12.4. The van der Waals surface area contributed by atoms with E-state index in [9.17, 15) is 4.79 Å². The number of ether oxygens (including phenoxy) is 1. The molecule has 0 amide bonds. The Balaban J connectivity index is 2.38. The van der Waals surface area contributed by atoms with Crippen LogP contribution in [0.15, 0.2) is 36.5 Å². The number of hydrogen-bond donors (Lipinski definition) is 1. The van der Waals surface area contributed by atoms with E-state index < -0.39 is 0 Å². The molecule has 1 aromatic heterocycles. The van der Waals surface area contributed by atoms with Gasteiger partial charge in [-0.25, -0.2) is 0 Å². The Morgan fingerprint density at radius 1 is 1.41 bits per heavy atom. The summed E-state index contributed by atoms with van der Waals surface area (Å²) in [6.07, 6.45) is 1.88. The van der Waals surface area contributed by atoms with Gasteiger partial charge < -0.3 is 10.5 Å². The van der Waals surface area contributed by atoms with Crippen molar-refractivity contribution in [2.75, 3.05) is 7.11 Å². The molecule has 1 heterocycles. The summed E-state index contributed by atoms with van der Waals surface area (Å²) in [6, 6.07) is 9.23. The van der Waals surface area contributed by atoms with Crippen LogP contribution in [-0.4, -0.2) is 18.1 Å². The van der Waals surface area contributed by atoms with Crippen LogP contribution in [0.1, 0.15) is 18.0 Å². The van der Waals surface area contributed by atoms with Gasteiger partial charge in [-0.1, -0.05) is 24.3 Å². The first-order valence-electron chi connectivity index (χ1n) is 5.38. The number of para-hydroxylation sites is 1. The summed E-state index contributed by atoms with van der Waals surface area (Å²) in [5.41, 5.74) is 7.70. The Bertz CT molecular complexity index is 534. The van der Waals surface area contributed by atoms with Gasteiger partial charge in [0.25, 0.3) is 0 Å². The number of rotatable bonds is 3. The number of aromatic nitrogens is 1. The van der Waals surface area contributed by atoms with Crippen LogP contribution in [0.2, 0.25) is 0 Å². The predicted octanol–water partition coefficient (Wildman–Crippen LogP) is 1.80. The van der Waals surface area contributed by atoms with Crippen molar-refractivity contribution in [3.8, 4) is 0 Å². The predicted molar refractivity (Wildman–Crippen MR) is 65.3 cm³/mol. The average Bonchev–Trinajstić information content (AvgIpc) is 2.37. The zero-order valence-electron chi connectivity index (χ0n) is 9.59. The number of fused-ring (bicyclic) bond motifs is 1. The smallest absolute Gasteiger partial charge is 0.307 e. The zero-order valence-corrected chi connectivity index (χ0v) is 9.59. The number of esters is 1. The molecule has 88 valence electrons. The van der Waals surface area contributed by atoms with Gasteiger partial charge in [0.05, 0.1) is 19.0 Å². The van der Waals surface area contributed by atoms with Gasteiger partial charge in [-0.2, -0.15) is 0 Å². The highest BCUT2D eigenvalue weighted by molar-refractivity contribution is 5.82. The summed E-state index contributed by atoms with van der Waals surface area (Å²) in [4.78, 5) is 15.5. The summed E-state index contributed by atoms with van der Waals surface area (Å²) < 4.78 is 4.62. The lowest BCUT2D eigenvalue weighted by Gasteiger charge is -2.12. The molecule has 0 radical (unpaired) electrons. The topological polar surface area (TPSA) is 65.2 Å². The molecule has 0 aliphatic heterocycles. The fourth-order valence-electron chi connectivity index (χ4n) is 1.80. The van der Waals surface area contributed by atoms with Gasteiger partial charge in [0.1, 0.15) is 0 Å². The molecule has 2 rings (SSSR count). The monoisotopic (exact) mass is 230 g/mol. The van der Waals surface area contributed by atoms with E-state index in [2.05, 4.69) is 9.72 Å². The van der Waals surface area contributed by atoms with Crippen molar-refractivity contribution in [3.63, 3.8) is 0 Å². The van der Waals surface area contributed by atoms with Crippen LogP contribution in [0.5, 0.6) is 0 Å². The second-order valence-electron chi connectivity index (χ2n) is 3.81. The van der Waals surface area contributed by atoms with E-state index in [0.717, 1.165) is 16.5 Å². The molecule has 1 unspecified atom stereocenters. The van der Waals surface area contributed by atoms with Gasteiger partial charge in [0.2, 0.25) is 0 Å². The Morgan fingerprint density at radius 3 is 2.94 bits per heavy atom. The van der Waals surface area contributed by atoms with Crippen LogP contribution in [0, 0.1) is 0 Å². The summed E-state index contributed by atoms with van der Waals surface area (Å²) in [5, 5.41) is 1.02. The summed E-state index contributed by atoms with van der Waals surface area (Å²) >= 11 is 0. The van der Waals surface area contributed by atoms with Crippen molar-refractivity contribution in [2.24, 2.45) is 5.73 Å². The van der Waals surface area contributed by atoms with Gasteiger partial charge in [-0.15, -0.1) is 0 Å². The first kappa shape index (κ1) is 11.5. The maximum Gasteiger partial charge on any atom is 0.307 e. The third kappa shape index (κ3) is 2.42. The van der Waals surface area contributed by atoms with Crippen molar-refractivity contribution in [2.45, 2.75) is 12.5 Å². The number of benzene rings is 1. The van der Waals surface area contributed by atoms with Crippen molar-refractivity contribution in [1.82, 2.24) is 4.98 Å². The van der Waals surface area contributed by atoms with Gasteiger partial charge in [-0.3, -0.25) is 9.78 Å². The molecule has 0 bridgehead atoms. The quantitative estimate of drug-likeness (QED) is 0.816. The van der Waals surface area contributed by atoms with Gasteiger partial charge >= 0.3 is 5.97 Å². The molecule has 4 nitrogen and oxygen atoms in total. The number of methoxy groups -OCH3 is 1. The van der Waals surface area contributed by atoms with Gasteiger partial charge in [0.15, 0.2) is 0 Å². The molecule has 1 aromatic carbocycles. The maximum atomic E-state index is 11.2. The molecule has 2 N–H and O–H groups in total. The highest BCUT2D eigenvalue weighted by atomic mass is 16.5. The second-order valence-corrected chi connectivity index (χ2v) is 3.81. The number of pyridine rings is 1. The SMILES string of the molecule is COC(=O)CC(N)c1cccc2cccnc12. The molecule has 4 heteroatoms. The van der Waals surface area contributed by atoms with Crippen LogP contribution in [0.3, 0.4) is 0 Å². The van der Waals surface area contributed by atoms with Crippen molar-refractivity contribution in [3.05, 3.63) is 42.1 Å². The lowest BCUT2D eigenvalue weighted by Crippen LogP contribution is -2.16. The summed E-state index contributed by atoms with van der Waals surface area (Å²) in [5.74, 6) is -0.314. The summed E-state index contributed by atoms with van der Waals surface area (Å²) in [6.45, 7) is 0. The minimum Gasteiger partial charge on any atom is -0.469 e. The average molecular weight is 230 g/mol. The van der Waals surface area contributed by atoms with E-state index in [1.807, 2.05) is 30.3 Å². The van der Waals surface area contributed by atoms with E-state index in [4.69, 9.17) is 5.73 Å². The van der Waals surface area contributed by atoms with Crippen LogP contribution < -0.4 is 5.73 Å².